The number of amides is 2. The normalized spacial score (nSPS) is 11.1. The van der Waals surface area contributed by atoms with Gasteiger partial charge >= 0.3 is 6.18 Å². The summed E-state index contributed by atoms with van der Waals surface area (Å²) in [4.78, 5) is 37.1. The van der Waals surface area contributed by atoms with Gasteiger partial charge in [0.05, 0.1) is 0 Å². The first-order chi connectivity index (χ1) is 12.6. The number of alkyl halides is 3. The lowest BCUT2D eigenvalue weighted by molar-refractivity contribution is -0.123. The molecule has 0 bridgehead atoms. The van der Waals surface area contributed by atoms with Crippen LogP contribution in [0, 0.1) is 0 Å². The van der Waals surface area contributed by atoms with E-state index in [1.807, 2.05) is 0 Å². The van der Waals surface area contributed by atoms with Gasteiger partial charge in [-0.1, -0.05) is 12.1 Å². The lowest BCUT2D eigenvalue weighted by Crippen LogP contribution is -2.33. The number of pyridine rings is 1. The van der Waals surface area contributed by atoms with Gasteiger partial charge in [0, 0.05) is 44.0 Å². The summed E-state index contributed by atoms with van der Waals surface area (Å²) in [6.45, 7) is -1.19. The zero-order valence-corrected chi connectivity index (χ0v) is 14.7. The first-order valence-electron chi connectivity index (χ1n) is 7.93. The molecule has 2 rings (SSSR count). The number of benzene rings is 1. The molecule has 0 spiro atoms. The van der Waals surface area contributed by atoms with E-state index in [0.29, 0.717) is 5.56 Å². The zero-order chi connectivity index (χ0) is 20.2. The summed E-state index contributed by atoms with van der Waals surface area (Å²) in [7, 11) is 3.14. The molecule has 27 heavy (non-hydrogen) atoms. The second kappa shape index (κ2) is 8.07. The van der Waals surface area contributed by atoms with Crippen LogP contribution in [-0.4, -0.2) is 41.1 Å². The molecule has 0 saturated carbocycles. The number of hydrogen-bond acceptors (Lipinski definition) is 3. The summed E-state index contributed by atoms with van der Waals surface area (Å²) in [5, 5.41) is 1.79. The molecule has 144 valence electrons. The molecule has 0 atom stereocenters. The number of carbonyl (C=O) groups excluding carboxylic acids is 2. The lowest BCUT2D eigenvalue weighted by Gasteiger charge is -2.17. The molecular formula is C18H18F3N3O3. The fourth-order valence-corrected chi connectivity index (χ4v) is 2.29. The average molecular weight is 381 g/mol. The molecule has 9 heteroatoms. The van der Waals surface area contributed by atoms with Gasteiger partial charge in [-0.3, -0.25) is 14.4 Å². The van der Waals surface area contributed by atoms with Crippen LogP contribution in [0.25, 0.3) is 0 Å². The highest BCUT2D eigenvalue weighted by molar-refractivity contribution is 5.94. The minimum atomic E-state index is -4.48. The van der Waals surface area contributed by atoms with Crippen molar-refractivity contribution >= 4 is 11.8 Å². The number of hydrogen-bond donors (Lipinski definition) is 1. The fourth-order valence-electron chi connectivity index (χ4n) is 2.29. The quantitative estimate of drug-likeness (QED) is 0.861. The van der Waals surface area contributed by atoms with Crippen molar-refractivity contribution in [3.05, 3.63) is 69.6 Å². The van der Waals surface area contributed by atoms with Crippen LogP contribution in [-0.2, 0) is 13.6 Å². The fraction of sp³-hybridized carbons (Fsp3) is 0.278. The molecule has 0 aliphatic heterocycles. The molecule has 1 heterocycles. The van der Waals surface area contributed by atoms with Crippen LogP contribution in [0.3, 0.4) is 0 Å². The molecule has 1 N–H and O–H groups in total. The van der Waals surface area contributed by atoms with E-state index in [2.05, 4.69) is 0 Å². The smallest absolute Gasteiger partial charge is 0.343 e. The Hall–Kier alpha value is -3.10. The van der Waals surface area contributed by atoms with E-state index in [1.54, 1.807) is 31.5 Å². The van der Waals surface area contributed by atoms with Crippen LogP contribution in [0.4, 0.5) is 13.2 Å². The second-order valence-corrected chi connectivity index (χ2v) is 6.02. The van der Waals surface area contributed by atoms with E-state index in [4.69, 9.17) is 0 Å². The number of nitrogens with one attached hydrogen (secondary N) is 1. The lowest BCUT2D eigenvalue weighted by atomic mass is 10.1. The average Bonchev–Trinajstić information content (AvgIpc) is 2.61. The van der Waals surface area contributed by atoms with E-state index in [1.165, 1.54) is 39.9 Å². The van der Waals surface area contributed by atoms with Crippen molar-refractivity contribution in [2.75, 3.05) is 13.6 Å². The summed E-state index contributed by atoms with van der Waals surface area (Å²) in [5.41, 5.74) is 0.720. The Labute approximate surface area is 153 Å². The molecule has 1 aromatic heterocycles. The highest BCUT2D eigenvalue weighted by atomic mass is 19.4. The van der Waals surface area contributed by atoms with Crippen molar-refractivity contribution in [3.8, 4) is 0 Å². The second-order valence-electron chi connectivity index (χ2n) is 6.02. The maximum atomic E-state index is 12.4. The van der Waals surface area contributed by atoms with Gasteiger partial charge in [-0.05, 0) is 23.8 Å². The number of aromatic nitrogens is 1. The van der Waals surface area contributed by atoms with Crippen molar-refractivity contribution in [2.24, 2.45) is 7.05 Å². The third kappa shape index (κ3) is 5.70. The van der Waals surface area contributed by atoms with Gasteiger partial charge in [0.15, 0.2) is 0 Å². The van der Waals surface area contributed by atoms with Crippen molar-refractivity contribution < 1.29 is 22.8 Å². The number of carbonyl (C=O) groups is 2. The van der Waals surface area contributed by atoms with E-state index in [-0.39, 0.29) is 29.1 Å². The van der Waals surface area contributed by atoms with Crippen LogP contribution in [0.5, 0.6) is 0 Å². The van der Waals surface area contributed by atoms with Crippen molar-refractivity contribution in [3.63, 3.8) is 0 Å². The Morgan fingerprint density at radius 1 is 1.11 bits per heavy atom. The number of nitrogens with zero attached hydrogens (tertiary/aromatic N) is 2. The molecule has 0 fully saturated rings. The van der Waals surface area contributed by atoms with Gasteiger partial charge in [-0.2, -0.15) is 13.2 Å². The van der Waals surface area contributed by atoms with Crippen LogP contribution in [0.15, 0.2) is 47.4 Å². The molecule has 0 unspecified atom stereocenters. The Morgan fingerprint density at radius 3 is 2.30 bits per heavy atom. The predicted octanol–water partition coefficient (Wildman–Crippen LogP) is 1.95. The van der Waals surface area contributed by atoms with Gasteiger partial charge < -0.3 is 14.8 Å². The third-order valence-electron chi connectivity index (χ3n) is 3.78. The maximum absolute atomic E-state index is 12.4. The molecule has 6 nitrogen and oxygen atoms in total. The third-order valence-corrected chi connectivity index (χ3v) is 3.78. The van der Waals surface area contributed by atoms with Gasteiger partial charge in [-0.25, -0.2) is 0 Å². The van der Waals surface area contributed by atoms with Crippen LogP contribution >= 0.6 is 0 Å². The predicted molar refractivity (Wildman–Crippen MR) is 92.3 cm³/mol. The maximum Gasteiger partial charge on any atom is 0.405 e. The van der Waals surface area contributed by atoms with Crippen molar-refractivity contribution in [1.82, 2.24) is 14.8 Å². The minimum absolute atomic E-state index is 0.0866. The summed E-state index contributed by atoms with van der Waals surface area (Å²) < 4.78 is 37.7. The monoisotopic (exact) mass is 381 g/mol. The van der Waals surface area contributed by atoms with Crippen molar-refractivity contribution in [1.29, 1.82) is 0 Å². The highest BCUT2D eigenvalue weighted by Gasteiger charge is 2.27. The first-order valence-corrected chi connectivity index (χ1v) is 7.93. The first kappa shape index (κ1) is 20.2. The largest absolute Gasteiger partial charge is 0.405 e. The van der Waals surface area contributed by atoms with E-state index >= 15 is 0 Å². The summed E-state index contributed by atoms with van der Waals surface area (Å²) >= 11 is 0. The number of rotatable bonds is 5. The Balaban J connectivity index is 2.00. The molecular weight excluding hydrogens is 363 g/mol. The molecule has 2 amide bonds. The van der Waals surface area contributed by atoms with Gasteiger partial charge in [0.2, 0.25) is 0 Å². The molecule has 0 aliphatic rings. The number of aryl methyl sites for hydroxylation is 1. The zero-order valence-electron chi connectivity index (χ0n) is 14.7. The minimum Gasteiger partial charge on any atom is -0.343 e. The van der Waals surface area contributed by atoms with E-state index < -0.39 is 18.6 Å². The molecule has 0 radical (unpaired) electrons. The van der Waals surface area contributed by atoms with Crippen LogP contribution in [0.1, 0.15) is 26.3 Å². The molecule has 2 aromatic rings. The molecule has 1 aromatic carbocycles. The summed E-state index contributed by atoms with van der Waals surface area (Å²) in [6.07, 6.45) is -2.98. The SMILES string of the molecule is CN(Cc1ccc(C(=O)NCC(F)(F)F)cc1)C(=O)c1ccn(C)c(=O)c1. The van der Waals surface area contributed by atoms with E-state index in [9.17, 15) is 27.6 Å². The standard InChI is InChI=1S/C18H18F3N3O3/c1-23-8-7-14(9-15(23)25)17(27)24(2)10-12-3-5-13(6-4-12)16(26)22-11-18(19,20)21/h3-9H,10-11H2,1-2H3,(H,22,26). The Morgan fingerprint density at radius 2 is 1.74 bits per heavy atom. The van der Waals surface area contributed by atoms with Gasteiger partial charge in [0.1, 0.15) is 6.54 Å². The van der Waals surface area contributed by atoms with Crippen LogP contribution in [0.2, 0.25) is 0 Å². The Kier molecular flexibility index (Phi) is 6.04. The van der Waals surface area contributed by atoms with Crippen LogP contribution < -0.4 is 10.9 Å². The summed E-state index contributed by atoms with van der Waals surface area (Å²) in [5.74, 6) is -1.18. The highest BCUT2D eigenvalue weighted by Crippen LogP contribution is 2.13. The van der Waals surface area contributed by atoms with Gasteiger partial charge in [-0.15, -0.1) is 0 Å². The topological polar surface area (TPSA) is 71.4 Å². The van der Waals surface area contributed by atoms with Gasteiger partial charge in [0.25, 0.3) is 17.4 Å². The molecule has 0 aliphatic carbocycles. The Bertz CT molecular complexity index is 889. The van der Waals surface area contributed by atoms with E-state index in [0.717, 1.165) is 0 Å². The van der Waals surface area contributed by atoms with Crippen molar-refractivity contribution in [2.45, 2.75) is 12.7 Å². The summed E-state index contributed by atoms with van der Waals surface area (Å²) in [6, 6.07) is 8.66. The number of halogens is 3. The molecule has 0 saturated heterocycles.